The first-order valence-corrected chi connectivity index (χ1v) is 6.82. The molecule has 1 aliphatic heterocycles. The number of methoxy groups -OCH3 is 1. The van der Waals surface area contributed by atoms with Crippen LogP contribution >= 0.6 is 22.6 Å². The first kappa shape index (κ1) is 13.2. The zero-order valence-corrected chi connectivity index (χ0v) is 11.5. The van der Waals surface area contributed by atoms with Gasteiger partial charge in [0, 0.05) is 29.6 Å². The summed E-state index contributed by atoms with van der Waals surface area (Å²) in [5.41, 5.74) is -0.285. The van der Waals surface area contributed by atoms with E-state index in [1.54, 1.807) is 7.11 Å². The second-order valence-electron chi connectivity index (χ2n) is 4.12. The minimum absolute atomic E-state index is 0.0331. The summed E-state index contributed by atoms with van der Waals surface area (Å²) in [6.07, 6.45) is 0.559. The summed E-state index contributed by atoms with van der Waals surface area (Å²) in [6, 6.07) is 3.62. The summed E-state index contributed by atoms with van der Waals surface area (Å²) in [7, 11) is 1.61. The minimum atomic E-state index is -0.695. The summed E-state index contributed by atoms with van der Waals surface area (Å²) in [4.78, 5) is 0. The Balaban J connectivity index is 2.35. The molecule has 0 unspecified atom stereocenters. The molecule has 17 heavy (non-hydrogen) atoms. The van der Waals surface area contributed by atoms with E-state index in [2.05, 4.69) is 22.6 Å². The van der Waals surface area contributed by atoms with Crippen LogP contribution in [0.4, 0.5) is 8.78 Å². The summed E-state index contributed by atoms with van der Waals surface area (Å²) < 4.78 is 38.2. The molecule has 0 aromatic heterocycles. The number of hydrogen-bond donors (Lipinski definition) is 0. The first-order valence-electron chi connectivity index (χ1n) is 5.29. The lowest BCUT2D eigenvalue weighted by atomic mass is 9.91. The highest BCUT2D eigenvalue weighted by molar-refractivity contribution is 14.1. The molecule has 94 valence electrons. The quantitative estimate of drug-likeness (QED) is 0.614. The van der Waals surface area contributed by atoms with Gasteiger partial charge in [0.2, 0.25) is 0 Å². The Hall–Kier alpha value is -0.270. The standard InChI is InChI=1S/C12H13F2IO2/c1-16-9-5-12(7-15,17-6-9)10-3-2-8(13)4-11(10)14/h2-4,9H,5-7H2,1H3/t9-,12+/m1/s1. The second kappa shape index (κ2) is 5.16. The van der Waals surface area contributed by atoms with Crippen molar-refractivity contribution in [3.05, 3.63) is 35.4 Å². The van der Waals surface area contributed by atoms with E-state index in [-0.39, 0.29) is 6.10 Å². The third-order valence-corrected chi connectivity index (χ3v) is 4.31. The molecule has 0 amide bonds. The lowest BCUT2D eigenvalue weighted by molar-refractivity contribution is 0.0133. The van der Waals surface area contributed by atoms with E-state index in [1.165, 1.54) is 12.1 Å². The largest absolute Gasteiger partial charge is 0.379 e. The molecular weight excluding hydrogens is 341 g/mol. The number of halogens is 3. The number of benzene rings is 1. The van der Waals surface area contributed by atoms with Crippen molar-refractivity contribution in [2.45, 2.75) is 18.1 Å². The summed E-state index contributed by atoms with van der Waals surface area (Å²) >= 11 is 2.16. The Labute approximate surface area is 112 Å². The molecule has 2 nitrogen and oxygen atoms in total. The van der Waals surface area contributed by atoms with Crippen molar-refractivity contribution in [1.29, 1.82) is 0 Å². The fraction of sp³-hybridized carbons (Fsp3) is 0.500. The number of hydrogen-bond acceptors (Lipinski definition) is 2. The molecule has 0 bridgehead atoms. The van der Waals surface area contributed by atoms with Gasteiger partial charge in [-0.1, -0.05) is 28.7 Å². The average Bonchev–Trinajstić information content (AvgIpc) is 2.74. The lowest BCUT2D eigenvalue weighted by Crippen LogP contribution is -2.29. The van der Waals surface area contributed by atoms with Gasteiger partial charge in [-0.3, -0.25) is 0 Å². The molecule has 0 N–H and O–H groups in total. The number of alkyl halides is 1. The van der Waals surface area contributed by atoms with Crippen molar-refractivity contribution >= 4 is 22.6 Å². The Bertz CT molecular complexity index is 413. The van der Waals surface area contributed by atoms with Crippen molar-refractivity contribution in [2.24, 2.45) is 0 Å². The smallest absolute Gasteiger partial charge is 0.132 e. The van der Waals surface area contributed by atoms with Crippen molar-refractivity contribution in [3.8, 4) is 0 Å². The van der Waals surface area contributed by atoms with Gasteiger partial charge in [0.25, 0.3) is 0 Å². The zero-order chi connectivity index (χ0) is 12.5. The van der Waals surface area contributed by atoms with Crippen LogP contribution < -0.4 is 0 Å². The number of ether oxygens (including phenoxy) is 2. The van der Waals surface area contributed by atoms with Gasteiger partial charge in [-0.25, -0.2) is 8.78 Å². The Morgan fingerprint density at radius 1 is 1.53 bits per heavy atom. The van der Waals surface area contributed by atoms with E-state index in [1.807, 2.05) is 0 Å². The van der Waals surface area contributed by atoms with Gasteiger partial charge in [0.05, 0.1) is 12.7 Å². The predicted molar refractivity (Wildman–Crippen MR) is 68.3 cm³/mol. The van der Waals surface area contributed by atoms with E-state index in [9.17, 15) is 8.78 Å². The first-order chi connectivity index (χ1) is 8.11. The van der Waals surface area contributed by atoms with Gasteiger partial charge >= 0.3 is 0 Å². The van der Waals surface area contributed by atoms with Crippen LogP contribution in [-0.4, -0.2) is 24.2 Å². The second-order valence-corrected chi connectivity index (χ2v) is 4.89. The molecule has 1 saturated heterocycles. The van der Waals surface area contributed by atoms with Gasteiger partial charge in [-0.05, 0) is 6.07 Å². The van der Waals surface area contributed by atoms with E-state index < -0.39 is 17.2 Å². The van der Waals surface area contributed by atoms with Crippen LogP contribution in [0.5, 0.6) is 0 Å². The van der Waals surface area contributed by atoms with Crippen molar-refractivity contribution in [2.75, 3.05) is 18.1 Å². The molecule has 0 aliphatic carbocycles. The van der Waals surface area contributed by atoms with Crippen LogP contribution in [0.2, 0.25) is 0 Å². The van der Waals surface area contributed by atoms with Crippen molar-refractivity contribution in [3.63, 3.8) is 0 Å². The summed E-state index contributed by atoms with van der Waals surface area (Å²) in [6.45, 7) is 0.441. The van der Waals surface area contributed by atoms with Gasteiger partial charge < -0.3 is 9.47 Å². The molecule has 0 saturated carbocycles. The topological polar surface area (TPSA) is 18.5 Å². The van der Waals surface area contributed by atoms with Gasteiger partial charge in [-0.15, -0.1) is 0 Å². The maximum Gasteiger partial charge on any atom is 0.132 e. The maximum atomic E-state index is 13.8. The van der Waals surface area contributed by atoms with E-state index in [4.69, 9.17) is 9.47 Å². The van der Waals surface area contributed by atoms with Crippen LogP contribution in [0.15, 0.2) is 18.2 Å². The maximum absolute atomic E-state index is 13.8. The van der Waals surface area contributed by atoms with Crippen LogP contribution in [0, 0.1) is 11.6 Å². The van der Waals surface area contributed by atoms with Gasteiger partial charge in [0.15, 0.2) is 0 Å². The molecule has 1 heterocycles. The summed E-state index contributed by atoms with van der Waals surface area (Å²) in [5.74, 6) is -1.13. The molecule has 2 rings (SSSR count). The Morgan fingerprint density at radius 3 is 2.82 bits per heavy atom. The molecule has 1 aromatic rings. The molecule has 0 spiro atoms. The Morgan fingerprint density at radius 2 is 2.29 bits per heavy atom. The Kier molecular flexibility index (Phi) is 3.99. The zero-order valence-electron chi connectivity index (χ0n) is 9.38. The molecule has 1 aromatic carbocycles. The van der Waals surface area contributed by atoms with Gasteiger partial charge in [0.1, 0.15) is 17.2 Å². The third kappa shape index (κ3) is 2.46. The highest BCUT2D eigenvalue weighted by Crippen LogP contribution is 2.40. The van der Waals surface area contributed by atoms with Crippen LogP contribution in [0.1, 0.15) is 12.0 Å². The molecule has 1 aliphatic rings. The minimum Gasteiger partial charge on any atom is -0.379 e. The van der Waals surface area contributed by atoms with Crippen LogP contribution in [0.25, 0.3) is 0 Å². The monoisotopic (exact) mass is 354 g/mol. The van der Waals surface area contributed by atoms with Crippen molar-refractivity contribution in [1.82, 2.24) is 0 Å². The van der Waals surface area contributed by atoms with E-state index in [0.29, 0.717) is 23.0 Å². The molecular formula is C12H13F2IO2. The highest BCUT2D eigenvalue weighted by atomic mass is 127. The van der Waals surface area contributed by atoms with Crippen molar-refractivity contribution < 1.29 is 18.3 Å². The SMILES string of the molecule is CO[C@H]1CO[C@@](CI)(c2ccc(F)cc2F)C1. The van der Waals surface area contributed by atoms with Crippen LogP contribution in [0.3, 0.4) is 0 Å². The van der Waals surface area contributed by atoms with E-state index >= 15 is 0 Å². The van der Waals surface area contributed by atoms with Gasteiger partial charge in [-0.2, -0.15) is 0 Å². The number of rotatable bonds is 3. The fourth-order valence-corrected chi connectivity index (χ4v) is 3.04. The molecule has 2 atom stereocenters. The molecule has 5 heteroatoms. The average molecular weight is 354 g/mol. The fourth-order valence-electron chi connectivity index (χ4n) is 2.10. The normalized spacial score (nSPS) is 28.6. The lowest BCUT2D eigenvalue weighted by Gasteiger charge is -2.27. The third-order valence-electron chi connectivity index (χ3n) is 3.07. The molecule has 1 fully saturated rings. The highest BCUT2D eigenvalue weighted by Gasteiger charge is 2.43. The summed E-state index contributed by atoms with van der Waals surface area (Å²) in [5, 5.41) is 0. The van der Waals surface area contributed by atoms with Crippen LogP contribution in [-0.2, 0) is 15.1 Å². The predicted octanol–water partition coefficient (Wildman–Crippen LogP) is 3.03. The van der Waals surface area contributed by atoms with E-state index in [0.717, 1.165) is 6.07 Å². The molecule has 0 radical (unpaired) electrons.